The zero-order valence-electron chi connectivity index (χ0n) is 25.8. The number of rotatable bonds is 1. The lowest BCUT2D eigenvalue weighted by molar-refractivity contribution is 1.28. The number of benzene rings is 8. The Balaban J connectivity index is 1.38. The number of anilines is 3. The van der Waals surface area contributed by atoms with Crippen LogP contribution in [0.3, 0.4) is 0 Å². The Kier molecular flexibility index (Phi) is 4.71. The highest BCUT2D eigenvalue weighted by Gasteiger charge is 2.44. The van der Waals surface area contributed by atoms with Gasteiger partial charge in [-0.1, -0.05) is 127 Å². The van der Waals surface area contributed by atoms with Crippen molar-refractivity contribution in [3.8, 4) is 11.1 Å². The van der Waals surface area contributed by atoms with Crippen molar-refractivity contribution in [2.75, 3.05) is 4.90 Å². The summed E-state index contributed by atoms with van der Waals surface area (Å²) < 4.78 is 5.33. The van der Waals surface area contributed by atoms with E-state index in [1.54, 1.807) is 0 Å². The molecule has 10 aromatic rings. The second-order valence-corrected chi connectivity index (χ2v) is 14.3. The minimum atomic E-state index is 0.0150. The summed E-state index contributed by atoms with van der Waals surface area (Å²) in [6.45, 7) is 0.0150. The van der Waals surface area contributed by atoms with Crippen molar-refractivity contribution in [2.45, 2.75) is 0 Å². The van der Waals surface area contributed by atoms with Crippen LogP contribution in [-0.2, 0) is 0 Å². The molecule has 0 unspecified atom stereocenters. The van der Waals surface area contributed by atoms with E-state index < -0.39 is 0 Å². The summed E-state index contributed by atoms with van der Waals surface area (Å²) >= 11 is 1.92. The third-order valence-electron chi connectivity index (χ3n) is 10.9. The van der Waals surface area contributed by atoms with Crippen molar-refractivity contribution >= 4 is 110 Å². The van der Waals surface area contributed by atoms with Crippen LogP contribution in [0.5, 0.6) is 0 Å². The molecule has 2 aliphatic rings. The molecule has 0 aliphatic carbocycles. The second kappa shape index (κ2) is 8.94. The highest BCUT2D eigenvalue weighted by atomic mass is 32.1. The highest BCUT2D eigenvalue weighted by molar-refractivity contribution is 7.26. The maximum Gasteiger partial charge on any atom is 0.333 e. The van der Waals surface area contributed by atoms with Gasteiger partial charge in [-0.2, -0.15) is 0 Å². The Labute approximate surface area is 280 Å². The minimum absolute atomic E-state index is 0.0150. The van der Waals surface area contributed by atoms with Crippen LogP contribution in [0.2, 0.25) is 0 Å². The van der Waals surface area contributed by atoms with Crippen molar-refractivity contribution < 1.29 is 0 Å². The van der Waals surface area contributed by atoms with E-state index in [1.165, 1.54) is 103 Å². The van der Waals surface area contributed by atoms with Crippen LogP contribution in [0.1, 0.15) is 0 Å². The minimum Gasteiger partial charge on any atom is -0.375 e. The first-order chi connectivity index (χ1) is 23.8. The average molecular weight is 625 g/mol. The zero-order valence-corrected chi connectivity index (χ0v) is 26.6. The molecule has 2 aliphatic heterocycles. The van der Waals surface area contributed by atoms with E-state index in [2.05, 4.69) is 161 Å². The summed E-state index contributed by atoms with van der Waals surface area (Å²) in [7, 11) is 0. The van der Waals surface area contributed by atoms with Crippen molar-refractivity contribution in [2.24, 2.45) is 0 Å². The van der Waals surface area contributed by atoms with E-state index in [0.29, 0.717) is 0 Å². The third kappa shape index (κ3) is 3.01. The molecule has 0 saturated heterocycles. The molecule has 4 heterocycles. The maximum absolute atomic E-state index is 2.67. The summed E-state index contributed by atoms with van der Waals surface area (Å²) in [4.78, 5) is 2.65. The first-order valence-corrected chi connectivity index (χ1v) is 17.5. The van der Waals surface area contributed by atoms with Gasteiger partial charge in [0, 0.05) is 58.3 Å². The van der Waals surface area contributed by atoms with Crippen LogP contribution in [0, 0.1) is 0 Å². The molecule has 220 valence electrons. The van der Waals surface area contributed by atoms with E-state index >= 15 is 0 Å². The monoisotopic (exact) mass is 624 g/mol. The molecule has 0 radical (unpaired) electrons. The second-order valence-electron chi connectivity index (χ2n) is 13.2. The Morgan fingerprint density at radius 3 is 2.06 bits per heavy atom. The van der Waals surface area contributed by atoms with Crippen molar-refractivity contribution in [1.82, 2.24) is 4.48 Å². The lowest BCUT2D eigenvalue weighted by Gasteiger charge is -2.42. The number of aromatic nitrogens is 1. The number of nitrogens with zero attached hydrogens (tertiary/aromatic N) is 2. The molecule has 0 spiro atoms. The molecular weight excluding hydrogens is 599 g/mol. The number of fused-ring (bicyclic) bond motifs is 14. The summed E-state index contributed by atoms with van der Waals surface area (Å²) in [6, 6.07) is 56.8. The number of hydrogen-bond donors (Lipinski definition) is 0. The van der Waals surface area contributed by atoms with E-state index in [-0.39, 0.29) is 6.85 Å². The molecular formula is C44H25BN2S. The van der Waals surface area contributed by atoms with Gasteiger partial charge in [0.2, 0.25) is 0 Å². The fraction of sp³-hybridized carbons (Fsp3) is 0. The normalized spacial score (nSPS) is 13.3. The maximum atomic E-state index is 2.67. The summed E-state index contributed by atoms with van der Waals surface area (Å²) in [6.07, 6.45) is 0. The first kappa shape index (κ1) is 25.3. The predicted molar refractivity (Wildman–Crippen MR) is 208 cm³/mol. The van der Waals surface area contributed by atoms with E-state index in [1.807, 2.05) is 11.3 Å². The van der Waals surface area contributed by atoms with Gasteiger partial charge in [0.15, 0.2) is 0 Å². The van der Waals surface area contributed by atoms with Crippen LogP contribution < -0.4 is 15.8 Å². The molecule has 8 aromatic carbocycles. The Hall–Kier alpha value is -5.84. The SMILES string of the molecule is c1ccc2c(N3c4c(ccc5ccccc45)B4c5c(cc6sc7ccccc7c6c53)-c3cccc5c6ccccc6n4c35)cccc2c1. The number of thiophene rings is 1. The Bertz CT molecular complexity index is 3040. The molecule has 2 nitrogen and oxygen atoms in total. The lowest BCUT2D eigenvalue weighted by atomic mass is 9.44. The predicted octanol–water partition coefficient (Wildman–Crippen LogP) is 10.9. The molecule has 4 heteroatoms. The van der Waals surface area contributed by atoms with Gasteiger partial charge in [0.25, 0.3) is 0 Å². The molecule has 0 bridgehead atoms. The first-order valence-electron chi connectivity index (χ1n) is 16.6. The van der Waals surface area contributed by atoms with Crippen LogP contribution >= 0.6 is 11.3 Å². The van der Waals surface area contributed by atoms with Crippen molar-refractivity contribution in [1.29, 1.82) is 0 Å². The summed E-state index contributed by atoms with van der Waals surface area (Å²) in [5, 5.41) is 10.3. The lowest BCUT2D eigenvalue weighted by Crippen LogP contribution is -2.56. The van der Waals surface area contributed by atoms with Gasteiger partial charge in [-0.25, -0.2) is 0 Å². The highest BCUT2D eigenvalue weighted by Crippen LogP contribution is 2.52. The summed E-state index contributed by atoms with van der Waals surface area (Å²) in [5.74, 6) is 0. The fourth-order valence-electron chi connectivity index (χ4n) is 9.07. The Morgan fingerprint density at radius 1 is 0.479 bits per heavy atom. The number of para-hydroxylation sites is 2. The number of hydrogen-bond acceptors (Lipinski definition) is 2. The van der Waals surface area contributed by atoms with Gasteiger partial charge in [-0.3, -0.25) is 0 Å². The topological polar surface area (TPSA) is 8.17 Å². The van der Waals surface area contributed by atoms with Gasteiger partial charge in [-0.05, 0) is 51.5 Å². The average Bonchev–Trinajstić information content (AvgIpc) is 3.69. The quantitative estimate of drug-likeness (QED) is 0.165. The molecule has 0 fully saturated rings. The van der Waals surface area contributed by atoms with Crippen LogP contribution in [-0.4, -0.2) is 11.3 Å². The fourth-order valence-corrected chi connectivity index (χ4v) is 10.2. The molecule has 0 saturated carbocycles. The van der Waals surface area contributed by atoms with Gasteiger partial charge >= 0.3 is 6.85 Å². The van der Waals surface area contributed by atoms with E-state index in [9.17, 15) is 0 Å². The van der Waals surface area contributed by atoms with Gasteiger partial charge < -0.3 is 9.38 Å². The smallest absolute Gasteiger partial charge is 0.333 e. The largest absolute Gasteiger partial charge is 0.375 e. The Morgan fingerprint density at radius 2 is 1.17 bits per heavy atom. The van der Waals surface area contributed by atoms with E-state index in [0.717, 1.165) is 0 Å². The van der Waals surface area contributed by atoms with Crippen LogP contribution in [0.4, 0.5) is 17.1 Å². The van der Waals surface area contributed by atoms with Gasteiger partial charge in [0.1, 0.15) is 0 Å². The molecule has 12 rings (SSSR count). The molecule has 48 heavy (non-hydrogen) atoms. The third-order valence-corrected chi connectivity index (χ3v) is 12.0. The molecule has 2 aromatic heterocycles. The zero-order chi connectivity index (χ0) is 31.1. The van der Waals surface area contributed by atoms with Gasteiger partial charge in [0.05, 0.1) is 17.1 Å². The van der Waals surface area contributed by atoms with Crippen LogP contribution in [0.15, 0.2) is 152 Å². The van der Waals surface area contributed by atoms with Crippen molar-refractivity contribution in [3.63, 3.8) is 0 Å². The van der Waals surface area contributed by atoms with Crippen molar-refractivity contribution in [3.05, 3.63) is 152 Å². The standard InChI is InChI=1S/C44H25BN2S/c1-3-14-28-26(11-1)13-9-21-36(28)46-43-29-15-4-2-12-27(29)23-24-35(43)45-41-34(25-39-40(44(41)46)33-17-6-8-22-38(33)48-39)32-19-10-18-31-30-16-5-7-20-37(30)47(45)42(31)32/h1-25H. The van der Waals surface area contributed by atoms with E-state index in [4.69, 9.17) is 0 Å². The van der Waals surface area contributed by atoms with Crippen LogP contribution in [0.25, 0.3) is 74.6 Å². The molecule has 0 N–H and O–H groups in total. The molecule has 0 amide bonds. The van der Waals surface area contributed by atoms with Gasteiger partial charge in [-0.15, -0.1) is 11.3 Å². The summed E-state index contributed by atoms with van der Waals surface area (Å²) in [5.41, 5.74) is 11.8. The molecule has 0 atom stereocenters.